The molecule has 0 aromatic rings. The van der Waals surface area contributed by atoms with E-state index in [1.165, 1.54) is 6.08 Å². The van der Waals surface area contributed by atoms with Crippen LogP contribution in [0.25, 0.3) is 0 Å². The van der Waals surface area contributed by atoms with Crippen molar-refractivity contribution in [1.29, 1.82) is 0 Å². The third kappa shape index (κ3) is 4.05. The van der Waals surface area contributed by atoms with Crippen LogP contribution in [0.1, 0.15) is 6.42 Å². The summed E-state index contributed by atoms with van der Waals surface area (Å²) in [6, 6.07) is 0. The van der Waals surface area contributed by atoms with Crippen LogP contribution < -0.4 is 0 Å². The zero-order valence-corrected chi connectivity index (χ0v) is 9.89. The van der Waals surface area contributed by atoms with E-state index in [0.717, 1.165) is 6.08 Å². The average Bonchev–Trinajstić information content (AvgIpc) is 2.10. The van der Waals surface area contributed by atoms with Crippen LogP contribution >= 0.6 is 0 Å². The van der Waals surface area contributed by atoms with Crippen molar-refractivity contribution in [2.45, 2.75) is 10.5 Å². The van der Waals surface area contributed by atoms with Crippen LogP contribution in [0.5, 0.6) is 0 Å². The summed E-state index contributed by atoms with van der Waals surface area (Å²) in [6.45, 7) is 3.27. The lowest BCUT2D eigenvalue weighted by molar-refractivity contribution is 0.522. The van der Waals surface area contributed by atoms with Crippen molar-refractivity contribution in [3.8, 4) is 0 Å². The quantitative estimate of drug-likeness (QED) is 0.478. The topological polar surface area (TPSA) is 112 Å². The fourth-order valence-corrected chi connectivity index (χ4v) is 2.65. The van der Waals surface area contributed by atoms with Gasteiger partial charge in [0.15, 0.2) is 37.3 Å². The van der Waals surface area contributed by atoms with Crippen molar-refractivity contribution in [3.05, 3.63) is 24.1 Å². The molecule has 3 N–H and O–H groups in total. The molecule has 15 heavy (non-hydrogen) atoms. The molecule has 0 aromatic carbocycles. The third-order valence-electron chi connectivity index (χ3n) is 1.46. The SMILES string of the molecule is C=CCC(C=CS(=O)O)(S(=O)O)S(=O)O. The van der Waals surface area contributed by atoms with Gasteiger partial charge in [0.05, 0.1) is 0 Å². The Labute approximate surface area is 94.3 Å². The monoisotopic (exact) mass is 274 g/mol. The summed E-state index contributed by atoms with van der Waals surface area (Å²) in [7, 11) is 0. The number of allylic oxidation sites excluding steroid dienone is 1. The van der Waals surface area contributed by atoms with Crippen LogP contribution in [-0.2, 0) is 33.2 Å². The van der Waals surface area contributed by atoms with Crippen molar-refractivity contribution in [3.63, 3.8) is 0 Å². The first-order valence-electron chi connectivity index (χ1n) is 3.48. The lowest BCUT2D eigenvalue weighted by Gasteiger charge is -2.20. The summed E-state index contributed by atoms with van der Waals surface area (Å²) < 4.78 is 56.5. The summed E-state index contributed by atoms with van der Waals surface area (Å²) in [5.74, 6) is 0. The Bertz CT molecular complexity index is 322. The Hall–Kier alpha value is -0.190. The molecule has 0 fully saturated rings. The van der Waals surface area contributed by atoms with Gasteiger partial charge < -0.3 is 13.7 Å². The van der Waals surface area contributed by atoms with Crippen LogP contribution in [0.3, 0.4) is 0 Å². The Morgan fingerprint density at radius 3 is 1.87 bits per heavy atom. The molecular formula is C6H10O6S3. The van der Waals surface area contributed by atoms with Crippen molar-refractivity contribution in [2.24, 2.45) is 0 Å². The largest absolute Gasteiger partial charge is 0.305 e. The van der Waals surface area contributed by atoms with Crippen LogP contribution in [-0.4, -0.2) is 30.4 Å². The van der Waals surface area contributed by atoms with E-state index >= 15 is 0 Å². The molecule has 0 heterocycles. The molecule has 9 heteroatoms. The first kappa shape index (κ1) is 14.8. The van der Waals surface area contributed by atoms with Crippen LogP contribution in [0.15, 0.2) is 24.1 Å². The highest BCUT2D eigenvalue weighted by atomic mass is 32.3. The standard InChI is InChI=1S/C6H10O6S3/c1-2-3-6(14(9)10,15(11)12)4-5-13(7)8/h2,4-5H,1,3H2,(H,7,8)(H,9,10)(H,11,12). The van der Waals surface area contributed by atoms with Crippen LogP contribution in [0.2, 0.25) is 0 Å². The lowest BCUT2D eigenvalue weighted by Crippen LogP contribution is -2.36. The Balaban J connectivity index is 5.31. The summed E-state index contributed by atoms with van der Waals surface area (Å²) in [5.41, 5.74) is 0. The van der Waals surface area contributed by atoms with E-state index in [-0.39, 0.29) is 6.42 Å². The molecule has 0 aliphatic rings. The summed E-state index contributed by atoms with van der Waals surface area (Å²) in [5, 5.41) is 0.658. The van der Waals surface area contributed by atoms with E-state index < -0.39 is 37.3 Å². The van der Waals surface area contributed by atoms with Gasteiger partial charge in [-0.3, -0.25) is 0 Å². The van der Waals surface area contributed by atoms with Crippen molar-refractivity contribution in [2.75, 3.05) is 0 Å². The molecule has 88 valence electrons. The second kappa shape index (κ2) is 6.40. The van der Waals surface area contributed by atoms with E-state index in [1.54, 1.807) is 0 Å². The van der Waals surface area contributed by atoms with Crippen molar-refractivity contribution < 1.29 is 26.3 Å². The molecule has 3 atom stereocenters. The minimum absolute atomic E-state index is 0.271. The number of rotatable bonds is 6. The molecule has 0 aliphatic heterocycles. The second-order valence-corrected chi connectivity index (χ2v) is 5.92. The highest BCUT2D eigenvalue weighted by Crippen LogP contribution is 2.24. The van der Waals surface area contributed by atoms with Gasteiger partial charge in [-0.15, -0.1) is 6.58 Å². The minimum atomic E-state index is -2.66. The Kier molecular flexibility index (Phi) is 6.32. The predicted molar refractivity (Wildman–Crippen MR) is 59.0 cm³/mol. The van der Waals surface area contributed by atoms with Crippen molar-refractivity contribution >= 4 is 33.2 Å². The van der Waals surface area contributed by atoms with Gasteiger partial charge in [0, 0.05) is 11.8 Å². The maximum absolute atomic E-state index is 10.9. The molecule has 6 nitrogen and oxygen atoms in total. The minimum Gasteiger partial charge on any atom is -0.305 e. The molecule has 0 aromatic heterocycles. The predicted octanol–water partition coefficient (Wildman–Crippen LogP) is 0.438. The molecular weight excluding hydrogens is 264 g/mol. The molecule has 0 amide bonds. The zero-order chi connectivity index (χ0) is 12.1. The number of hydrogen-bond acceptors (Lipinski definition) is 3. The van der Waals surface area contributed by atoms with E-state index in [2.05, 4.69) is 6.58 Å². The maximum Gasteiger partial charge on any atom is 0.194 e. The lowest BCUT2D eigenvalue weighted by atomic mass is 10.3. The highest BCUT2D eigenvalue weighted by Gasteiger charge is 2.39. The smallest absolute Gasteiger partial charge is 0.194 e. The summed E-state index contributed by atoms with van der Waals surface area (Å²) >= 11 is -7.68. The van der Waals surface area contributed by atoms with Gasteiger partial charge in [-0.2, -0.15) is 0 Å². The van der Waals surface area contributed by atoms with Gasteiger partial charge in [0.1, 0.15) is 0 Å². The first-order valence-corrected chi connectivity index (χ1v) is 6.87. The van der Waals surface area contributed by atoms with Gasteiger partial charge in [-0.25, -0.2) is 12.6 Å². The Morgan fingerprint density at radius 2 is 1.60 bits per heavy atom. The second-order valence-electron chi connectivity index (χ2n) is 2.38. The summed E-state index contributed by atoms with van der Waals surface area (Å²) in [4.78, 5) is 0. The van der Waals surface area contributed by atoms with Crippen molar-refractivity contribution in [1.82, 2.24) is 0 Å². The fraction of sp³-hybridized carbons (Fsp3) is 0.333. The molecule has 0 aliphatic carbocycles. The third-order valence-corrected chi connectivity index (χ3v) is 4.47. The van der Waals surface area contributed by atoms with Gasteiger partial charge in [-0.1, -0.05) is 6.08 Å². The molecule has 0 radical (unpaired) electrons. The normalized spacial score (nSPS) is 21.8. The molecule has 3 unspecified atom stereocenters. The Morgan fingerprint density at radius 1 is 1.13 bits per heavy atom. The van der Waals surface area contributed by atoms with E-state index in [0.29, 0.717) is 5.41 Å². The highest BCUT2D eigenvalue weighted by molar-refractivity contribution is 7.99. The van der Waals surface area contributed by atoms with E-state index in [1.807, 2.05) is 0 Å². The van der Waals surface area contributed by atoms with Crippen LogP contribution in [0, 0.1) is 0 Å². The first-order chi connectivity index (χ1) is 6.86. The van der Waals surface area contributed by atoms with Gasteiger partial charge >= 0.3 is 0 Å². The molecule has 0 rings (SSSR count). The van der Waals surface area contributed by atoms with E-state index in [4.69, 9.17) is 13.7 Å². The molecule has 0 spiro atoms. The van der Waals surface area contributed by atoms with Gasteiger partial charge in [0.25, 0.3) is 0 Å². The maximum atomic E-state index is 10.9. The number of hydrogen-bond donors (Lipinski definition) is 3. The summed E-state index contributed by atoms with van der Waals surface area (Å²) in [6.07, 6.45) is 1.68. The molecule has 0 saturated heterocycles. The fourth-order valence-electron chi connectivity index (χ4n) is 0.751. The van der Waals surface area contributed by atoms with Gasteiger partial charge in [-0.05, 0) is 6.08 Å². The average molecular weight is 274 g/mol. The molecule has 0 bridgehead atoms. The van der Waals surface area contributed by atoms with Gasteiger partial charge in [0.2, 0.25) is 0 Å². The van der Waals surface area contributed by atoms with Crippen LogP contribution in [0.4, 0.5) is 0 Å². The molecule has 0 saturated carbocycles. The zero-order valence-electron chi connectivity index (χ0n) is 7.44. The van der Waals surface area contributed by atoms with E-state index in [9.17, 15) is 12.6 Å².